The number of hydrogen-bond acceptors (Lipinski definition) is 7. The lowest BCUT2D eigenvalue weighted by atomic mass is 9.98. The molecule has 2 heterocycles. The second-order valence-electron chi connectivity index (χ2n) is 10.1. The predicted molar refractivity (Wildman–Crippen MR) is 149 cm³/mol. The number of carbonyl (C=O) groups is 2. The van der Waals surface area contributed by atoms with E-state index in [9.17, 15) is 9.59 Å². The Bertz CT molecular complexity index is 1260. The van der Waals surface area contributed by atoms with Crippen molar-refractivity contribution in [1.82, 2.24) is 14.9 Å². The monoisotopic (exact) mass is 535 g/mol. The third-order valence-electron chi connectivity index (χ3n) is 7.06. The highest BCUT2D eigenvalue weighted by molar-refractivity contribution is 7.11. The van der Waals surface area contributed by atoms with Crippen molar-refractivity contribution in [1.29, 1.82) is 0 Å². The van der Waals surface area contributed by atoms with Gasteiger partial charge in [-0.2, -0.15) is 0 Å². The molecule has 2 aromatic heterocycles. The second kappa shape index (κ2) is 12.1. The average molecular weight is 536 g/mol. The Hall–Kier alpha value is -3.26. The molecule has 0 spiro atoms. The minimum absolute atomic E-state index is 0.0663. The van der Waals surface area contributed by atoms with Crippen molar-refractivity contribution in [3.63, 3.8) is 0 Å². The third kappa shape index (κ3) is 6.23. The SMILES string of the molecule is CCOC(=O)c1nc(CN(CCCc2cccc(C(C)C)c2)C(=O)C2(c3ccc(OC)cn3)CC2)sc1C. The molecular weight excluding hydrogens is 498 g/mol. The molecule has 1 saturated carbocycles. The average Bonchev–Trinajstić information content (AvgIpc) is 3.65. The zero-order valence-corrected chi connectivity index (χ0v) is 23.8. The second-order valence-corrected chi connectivity index (χ2v) is 11.4. The van der Waals surface area contributed by atoms with Crippen molar-refractivity contribution in [2.75, 3.05) is 20.3 Å². The van der Waals surface area contributed by atoms with Gasteiger partial charge < -0.3 is 14.4 Å². The fourth-order valence-corrected chi connectivity index (χ4v) is 5.63. The molecule has 0 unspecified atom stereocenters. The van der Waals surface area contributed by atoms with E-state index < -0.39 is 11.4 Å². The van der Waals surface area contributed by atoms with E-state index in [-0.39, 0.29) is 5.91 Å². The number of amides is 1. The number of pyridine rings is 1. The maximum Gasteiger partial charge on any atom is 0.358 e. The summed E-state index contributed by atoms with van der Waals surface area (Å²) in [7, 11) is 1.61. The van der Waals surface area contributed by atoms with Crippen LogP contribution in [0, 0.1) is 6.92 Å². The molecule has 1 aliphatic carbocycles. The van der Waals surface area contributed by atoms with Gasteiger partial charge in [-0.3, -0.25) is 9.78 Å². The number of nitrogens with zero attached hydrogens (tertiary/aromatic N) is 3. The molecule has 0 aliphatic heterocycles. The van der Waals surface area contributed by atoms with E-state index in [0.717, 1.165) is 41.3 Å². The normalized spacial score (nSPS) is 13.8. The lowest BCUT2D eigenvalue weighted by molar-refractivity contribution is -0.134. The van der Waals surface area contributed by atoms with Crippen LogP contribution in [0.5, 0.6) is 5.75 Å². The minimum Gasteiger partial charge on any atom is -0.495 e. The van der Waals surface area contributed by atoms with Crippen LogP contribution in [0.4, 0.5) is 0 Å². The Morgan fingerprint density at radius 2 is 1.97 bits per heavy atom. The number of rotatable bonds is 12. The van der Waals surface area contributed by atoms with Crippen LogP contribution in [-0.2, 0) is 27.9 Å². The lowest BCUT2D eigenvalue weighted by Crippen LogP contribution is -2.40. The van der Waals surface area contributed by atoms with Crippen LogP contribution in [0.25, 0.3) is 0 Å². The fourth-order valence-electron chi connectivity index (χ4n) is 4.70. The van der Waals surface area contributed by atoms with Gasteiger partial charge in [-0.05, 0) is 68.7 Å². The summed E-state index contributed by atoms with van der Waals surface area (Å²) < 4.78 is 10.4. The maximum atomic E-state index is 14.0. The highest BCUT2D eigenvalue weighted by Crippen LogP contribution is 2.49. The Balaban J connectivity index is 1.54. The van der Waals surface area contributed by atoms with Gasteiger partial charge in [0.1, 0.15) is 10.8 Å². The number of thiazole rings is 1. The molecule has 3 aromatic rings. The van der Waals surface area contributed by atoms with Gasteiger partial charge in [-0.1, -0.05) is 38.1 Å². The summed E-state index contributed by atoms with van der Waals surface area (Å²) in [6.45, 7) is 9.28. The van der Waals surface area contributed by atoms with Crippen LogP contribution in [0.1, 0.15) is 83.1 Å². The van der Waals surface area contributed by atoms with Gasteiger partial charge in [0.2, 0.25) is 5.91 Å². The first-order valence-corrected chi connectivity index (χ1v) is 14.1. The third-order valence-corrected chi connectivity index (χ3v) is 8.01. The summed E-state index contributed by atoms with van der Waals surface area (Å²) >= 11 is 1.44. The number of aromatic nitrogens is 2. The number of carbonyl (C=O) groups excluding carboxylic acids is 2. The predicted octanol–water partition coefficient (Wildman–Crippen LogP) is 5.85. The minimum atomic E-state index is -0.611. The van der Waals surface area contributed by atoms with E-state index in [1.165, 1.54) is 22.5 Å². The molecule has 7 nitrogen and oxygen atoms in total. The fraction of sp³-hybridized carbons (Fsp3) is 0.467. The largest absolute Gasteiger partial charge is 0.495 e. The van der Waals surface area contributed by atoms with Crippen LogP contribution in [-0.4, -0.2) is 47.0 Å². The standard InChI is InChI=1S/C30H37N3O4S/c1-6-37-28(34)27-21(4)38-26(32-27)19-33(16-8-10-22-9-7-11-23(17-22)20(2)3)29(35)30(14-15-30)25-13-12-24(36-5)18-31-25/h7,9,11-13,17-18,20H,6,8,10,14-16,19H2,1-5H3. The number of ether oxygens (including phenoxy) is 2. The smallest absolute Gasteiger partial charge is 0.358 e. The zero-order valence-electron chi connectivity index (χ0n) is 23.0. The van der Waals surface area contributed by atoms with Gasteiger partial charge in [0.15, 0.2) is 5.69 Å². The van der Waals surface area contributed by atoms with Crippen LogP contribution in [0.15, 0.2) is 42.6 Å². The summed E-state index contributed by atoms with van der Waals surface area (Å²) in [6, 6.07) is 12.4. The van der Waals surface area contributed by atoms with E-state index in [1.54, 1.807) is 20.2 Å². The summed E-state index contributed by atoms with van der Waals surface area (Å²) in [5, 5.41) is 0.735. The molecule has 1 aliphatic rings. The van der Waals surface area contributed by atoms with E-state index in [1.807, 2.05) is 24.0 Å². The van der Waals surface area contributed by atoms with Crippen molar-refractivity contribution in [3.8, 4) is 5.75 Å². The number of esters is 1. The Kier molecular flexibility index (Phi) is 8.82. The highest BCUT2D eigenvalue weighted by atomic mass is 32.1. The van der Waals surface area contributed by atoms with Crippen molar-refractivity contribution in [2.45, 2.75) is 71.3 Å². The number of hydrogen-bond donors (Lipinski definition) is 0. The summed E-state index contributed by atoms with van der Waals surface area (Å²) in [4.78, 5) is 38.2. The van der Waals surface area contributed by atoms with Gasteiger partial charge in [0.05, 0.1) is 37.6 Å². The molecule has 1 aromatic carbocycles. The van der Waals surface area contributed by atoms with E-state index in [2.05, 4.69) is 48.1 Å². The highest BCUT2D eigenvalue weighted by Gasteiger charge is 2.54. The molecule has 202 valence electrons. The molecule has 4 rings (SSSR count). The number of aryl methyl sites for hydroxylation is 2. The summed E-state index contributed by atoms with van der Waals surface area (Å²) in [5.74, 6) is 0.789. The number of benzene rings is 1. The summed E-state index contributed by atoms with van der Waals surface area (Å²) in [5.41, 5.74) is 3.10. The Labute approximate surface area is 229 Å². The first kappa shape index (κ1) is 27.8. The van der Waals surface area contributed by atoms with E-state index in [0.29, 0.717) is 37.1 Å². The quantitative estimate of drug-likeness (QED) is 0.271. The van der Waals surface area contributed by atoms with Crippen molar-refractivity contribution in [3.05, 3.63) is 75.0 Å². The van der Waals surface area contributed by atoms with Crippen LogP contribution in [0.3, 0.4) is 0 Å². The van der Waals surface area contributed by atoms with Gasteiger partial charge in [-0.15, -0.1) is 11.3 Å². The lowest BCUT2D eigenvalue weighted by Gasteiger charge is -2.27. The van der Waals surface area contributed by atoms with Gasteiger partial charge >= 0.3 is 5.97 Å². The maximum absolute atomic E-state index is 14.0. The molecule has 0 bridgehead atoms. The van der Waals surface area contributed by atoms with E-state index >= 15 is 0 Å². The number of methoxy groups -OCH3 is 1. The zero-order chi connectivity index (χ0) is 27.3. The Morgan fingerprint density at radius 3 is 2.61 bits per heavy atom. The first-order chi connectivity index (χ1) is 18.3. The van der Waals surface area contributed by atoms with Crippen LogP contribution >= 0.6 is 11.3 Å². The van der Waals surface area contributed by atoms with Gasteiger partial charge in [0.25, 0.3) is 0 Å². The molecular formula is C30H37N3O4S. The van der Waals surface area contributed by atoms with Crippen LogP contribution in [0.2, 0.25) is 0 Å². The topological polar surface area (TPSA) is 81.6 Å². The van der Waals surface area contributed by atoms with Crippen molar-refractivity contribution in [2.24, 2.45) is 0 Å². The Morgan fingerprint density at radius 1 is 1.18 bits per heavy atom. The van der Waals surface area contributed by atoms with Gasteiger partial charge in [-0.25, -0.2) is 9.78 Å². The molecule has 1 amide bonds. The van der Waals surface area contributed by atoms with Crippen LogP contribution < -0.4 is 4.74 Å². The molecule has 0 saturated heterocycles. The van der Waals surface area contributed by atoms with E-state index in [4.69, 9.17) is 9.47 Å². The summed E-state index contributed by atoms with van der Waals surface area (Å²) in [6.07, 6.45) is 4.91. The molecule has 8 heteroatoms. The molecule has 0 atom stereocenters. The molecule has 38 heavy (non-hydrogen) atoms. The molecule has 1 fully saturated rings. The van der Waals surface area contributed by atoms with Crippen molar-refractivity contribution < 1.29 is 19.1 Å². The molecule has 0 N–H and O–H groups in total. The van der Waals surface area contributed by atoms with Gasteiger partial charge in [0, 0.05) is 11.4 Å². The molecule has 0 radical (unpaired) electrons. The first-order valence-electron chi connectivity index (χ1n) is 13.3. The van der Waals surface area contributed by atoms with Crippen molar-refractivity contribution >= 4 is 23.2 Å².